The van der Waals surface area contributed by atoms with Gasteiger partial charge in [0, 0.05) is 0 Å². The number of thioether (sulfide) groups is 1. The van der Waals surface area contributed by atoms with Crippen LogP contribution in [0.2, 0.25) is 5.02 Å². The third kappa shape index (κ3) is 4.87. The van der Waals surface area contributed by atoms with E-state index in [1.807, 2.05) is 30.3 Å². The quantitative estimate of drug-likeness (QED) is 0.370. The molecule has 148 valence electrons. The maximum atomic E-state index is 6.15. The fourth-order valence-electron chi connectivity index (χ4n) is 2.35. The summed E-state index contributed by atoms with van der Waals surface area (Å²) in [6.07, 6.45) is 0. The predicted molar refractivity (Wildman–Crippen MR) is 106 cm³/mol. The van der Waals surface area contributed by atoms with E-state index in [2.05, 4.69) is 20.4 Å². The number of aromatic nitrogens is 4. The molecule has 0 aliphatic heterocycles. The Morgan fingerprint density at radius 3 is 2.45 bits per heavy atom. The van der Waals surface area contributed by atoms with Crippen molar-refractivity contribution in [2.75, 3.05) is 7.11 Å². The number of benzene rings is 2. The van der Waals surface area contributed by atoms with Crippen LogP contribution in [-0.2, 0) is 12.4 Å². The first kappa shape index (κ1) is 19.3. The molecule has 0 aliphatic carbocycles. The molecule has 0 atom stereocenters. The fourth-order valence-corrected chi connectivity index (χ4v) is 3.18. The zero-order valence-electron chi connectivity index (χ0n) is 15.2. The number of hydrogen-bond donors (Lipinski definition) is 0. The summed E-state index contributed by atoms with van der Waals surface area (Å²) in [5, 5.41) is 16.9. The Kier molecular flexibility index (Phi) is 5.97. The summed E-state index contributed by atoms with van der Waals surface area (Å²) >= 11 is 7.44. The van der Waals surface area contributed by atoms with Crippen molar-refractivity contribution < 1.29 is 18.3 Å². The molecule has 2 heterocycles. The number of halogens is 1. The monoisotopic (exact) mass is 430 g/mol. The summed E-state index contributed by atoms with van der Waals surface area (Å²) in [5.41, 5.74) is 0.689. The molecule has 0 aliphatic rings. The van der Waals surface area contributed by atoms with Crippen molar-refractivity contribution in [2.24, 2.45) is 0 Å². The molecule has 0 bridgehead atoms. The number of methoxy groups -OCH3 is 1. The van der Waals surface area contributed by atoms with E-state index in [0.717, 1.165) is 5.75 Å². The Morgan fingerprint density at radius 1 is 0.897 bits per heavy atom. The second kappa shape index (κ2) is 8.97. The average molecular weight is 431 g/mol. The van der Waals surface area contributed by atoms with E-state index in [-0.39, 0.29) is 6.61 Å². The zero-order chi connectivity index (χ0) is 20.1. The van der Waals surface area contributed by atoms with Crippen LogP contribution < -0.4 is 9.47 Å². The molecule has 10 heteroatoms. The number of rotatable bonds is 8. The van der Waals surface area contributed by atoms with Gasteiger partial charge >= 0.3 is 0 Å². The lowest BCUT2D eigenvalue weighted by molar-refractivity contribution is 0.252. The number of hydrogen-bond acceptors (Lipinski definition) is 9. The number of nitrogens with zero attached hydrogens (tertiary/aromatic N) is 4. The Labute approximate surface area is 175 Å². The third-order valence-electron chi connectivity index (χ3n) is 3.76. The highest BCUT2D eigenvalue weighted by molar-refractivity contribution is 7.98. The second-order valence-corrected chi connectivity index (χ2v) is 7.03. The molecular formula is C19H15ClN4O4S. The minimum absolute atomic E-state index is 0.164. The van der Waals surface area contributed by atoms with Crippen molar-refractivity contribution in [1.29, 1.82) is 0 Å². The van der Waals surface area contributed by atoms with Gasteiger partial charge in [-0.2, -0.15) is 0 Å². The SMILES string of the molecule is COc1ccc(OCc2nnc(SCc3nnc(-c4ccccc4Cl)o3)o2)cc1. The van der Waals surface area contributed by atoms with Crippen molar-refractivity contribution in [3.05, 3.63) is 65.3 Å². The van der Waals surface area contributed by atoms with E-state index in [4.69, 9.17) is 29.9 Å². The van der Waals surface area contributed by atoms with Gasteiger partial charge in [-0.05, 0) is 36.4 Å². The normalized spacial score (nSPS) is 10.8. The number of ether oxygens (including phenoxy) is 2. The van der Waals surface area contributed by atoms with Gasteiger partial charge in [0.1, 0.15) is 11.5 Å². The molecule has 0 radical (unpaired) electrons. The van der Waals surface area contributed by atoms with Crippen LogP contribution in [-0.4, -0.2) is 27.5 Å². The average Bonchev–Trinajstić information content (AvgIpc) is 3.41. The summed E-state index contributed by atoms with van der Waals surface area (Å²) < 4.78 is 21.9. The van der Waals surface area contributed by atoms with Crippen LogP contribution in [0.4, 0.5) is 0 Å². The summed E-state index contributed by atoms with van der Waals surface area (Å²) in [7, 11) is 1.61. The molecule has 4 rings (SSSR count). The first-order valence-electron chi connectivity index (χ1n) is 8.50. The molecule has 0 saturated carbocycles. The van der Waals surface area contributed by atoms with Gasteiger partial charge in [-0.3, -0.25) is 0 Å². The van der Waals surface area contributed by atoms with Gasteiger partial charge < -0.3 is 18.3 Å². The maximum absolute atomic E-state index is 6.15. The van der Waals surface area contributed by atoms with Crippen LogP contribution in [0.1, 0.15) is 11.8 Å². The molecule has 0 amide bonds. The van der Waals surface area contributed by atoms with E-state index < -0.39 is 0 Å². The first-order chi connectivity index (χ1) is 14.2. The molecule has 0 spiro atoms. The second-order valence-electron chi connectivity index (χ2n) is 5.70. The van der Waals surface area contributed by atoms with Crippen molar-refractivity contribution in [2.45, 2.75) is 17.6 Å². The summed E-state index contributed by atoms with van der Waals surface area (Å²) in [6, 6.07) is 14.5. The van der Waals surface area contributed by atoms with E-state index in [9.17, 15) is 0 Å². The van der Waals surface area contributed by atoms with Gasteiger partial charge in [0.25, 0.3) is 11.1 Å². The van der Waals surface area contributed by atoms with Crippen molar-refractivity contribution in [3.63, 3.8) is 0 Å². The van der Waals surface area contributed by atoms with Crippen molar-refractivity contribution in [3.8, 4) is 23.0 Å². The molecule has 0 fully saturated rings. The molecule has 0 N–H and O–H groups in total. The van der Waals surface area contributed by atoms with E-state index >= 15 is 0 Å². The van der Waals surface area contributed by atoms with E-state index in [1.165, 1.54) is 11.8 Å². The molecule has 4 aromatic rings. The largest absolute Gasteiger partial charge is 0.497 e. The molecule has 8 nitrogen and oxygen atoms in total. The van der Waals surface area contributed by atoms with Crippen LogP contribution in [0.3, 0.4) is 0 Å². The molecule has 0 unspecified atom stereocenters. The van der Waals surface area contributed by atoms with Crippen molar-refractivity contribution >= 4 is 23.4 Å². The summed E-state index contributed by atoms with van der Waals surface area (Å²) in [5.74, 6) is 2.98. The highest BCUT2D eigenvalue weighted by Crippen LogP contribution is 2.28. The third-order valence-corrected chi connectivity index (χ3v) is 4.89. The molecule has 2 aromatic carbocycles. The topological polar surface area (TPSA) is 96.3 Å². The Bertz CT molecular complexity index is 1080. The molecule has 29 heavy (non-hydrogen) atoms. The zero-order valence-corrected chi connectivity index (χ0v) is 16.8. The summed E-state index contributed by atoms with van der Waals surface area (Å²) in [4.78, 5) is 0. The van der Waals surface area contributed by atoms with Crippen LogP contribution >= 0.6 is 23.4 Å². The van der Waals surface area contributed by atoms with Gasteiger partial charge in [-0.1, -0.05) is 35.5 Å². The maximum Gasteiger partial charge on any atom is 0.277 e. The van der Waals surface area contributed by atoms with Crippen LogP contribution in [0.5, 0.6) is 11.5 Å². The smallest absolute Gasteiger partial charge is 0.277 e. The predicted octanol–water partition coefficient (Wildman–Crippen LogP) is 4.65. The lowest BCUT2D eigenvalue weighted by atomic mass is 10.2. The van der Waals surface area contributed by atoms with Crippen LogP contribution in [0.15, 0.2) is 62.6 Å². The van der Waals surface area contributed by atoms with Crippen molar-refractivity contribution in [1.82, 2.24) is 20.4 Å². The van der Waals surface area contributed by atoms with Gasteiger partial charge in [-0.15, -0.1) is 20.4 Å². The van der Waals surface area contributed by atoms with Gasteiger partial charge in [-0.25, -0.2) is 0 Å². The van der Waals surface area contributed by atoms with Gasteiger partial charge in [0.2, 0.25) is 11.8 Å². The minimum atomic E-state index is 0.164. The van der Waals surface area contributed by atoms with Crippen LogP contribution in [0, 0.1) is 0 Å². The Morgan fingerprint density at radius 2 is 1.66 bits per heavy atom. The molecule has 2 aromatic heterocycles. The van der Waals surface area contributed by atoms with Gasteiger partial charge in [0.05, 0.1) is 23.4 Å². The lowest BCUT2D eigenvalue weighted by Crippen LogP contribution is -1.95. The fraction of sp³-hybridized carbons (Fsp3) is 0.158. The highest BCUT2D eigenvalue weighted by atomic mass is 35.5. The lowest BCUT2D eigenvalue weighted by Gasteiger charge is -2.04. The Balaban J connectivity index is 1.31. The van der Waals surface area contributed by atoms with Gasteiger partial charge in [0.15, 0.2) is 6.61 Å². The minimum Gasteiger partial charge on any atom is -0.497 e. The molecule has 0 saturated heterocycles. The standard InChI is InChI=1S/C19H15ClN4O4S/c1-25-12-6-8-13(9-7-12)26-10-16-21-24-19(28-16)29-11-17-22-23-18(27-17)14-4-2-3-5-15(14)20/h2-9H,10-11H2,1H3. The molecular weight excluding hydrogens is 416 g/mol. The van der Waals surface area contributed by atoms with E-state index in [0.29, 0.717) is 45.0 Å². The van der Waals surface area contributed by atoms with E-state index in [1.54, 1.807) is 25.3 Å². The first-order valence-corrected chi connectivity index (χ1v) is 9.87. The Hall–Kier alpha value is -3.04. The highest BCUT2D eigenvalue weighted by Gasteiger charge is 2.14. The summed E-state index contributed by atoms with van der Waals surface area (Å²) in [6.45, 7) is 0.164. The van der Waals surface area contributed by atoms with Crippen LogP contribution in [0.25, 0.3) is 11.5 Å².